The molecule has 1 aliphatic rings. The van der Waals surface area contributed by atoms with Crippen molar-refractivity contribution in [2.24, 2.45) is 5.92 Å². The van der Waals surface area contributed by atoms with E-state index in [-0.39, 0.29) is 35.9 Å². The first-order valence-electron chi connectivity index (χ1n) is 10.4. The maximum absolute atomic E-state index is 12.5. The second-order valence-electron chi connectivity index (χ2n) is 7.71. The van der Waals surface area contributed by atoms with Crippen LogP contribution in [0.15, 0.2) is 65.3 Å². The van der Waals surface area contributed by atoms with Crippen LogP contribution in [0.2, 0.25) is 5.02 Å². The van der Waals surface area contributed by atoms with Gasteiger partial charge in [0.25, 0.3) is 0 Å². The van der Waals surface area contributed by atoms with Crippen molar-refractivity contribution < 1.29 is 33.1 Å². The quantitative estimate of drug-likeness (QED) is 0.282. The number of hydrogen-bond acceptors (Lipinski definition) is 7. The minimum absolute atomic E-state index is 0.00525. The minimum Gasteiger partial charge on any atom is -0.457 e. The zero-order chi connectivity index (χ0) is 24.2. The number of rotatable bonds is 7. The number of benzene rings is 2. The van der Waals surface area contributed by atoms with Gasteiger partial charge in [-0.1, -0.05) is 17.7 Å². The van der Waals surface area contributed by atoms with E-state index in [1.807, 2.05) is 0 Å². The van der Waals surface area contributed by atoms with Crippen LogP contribution < -0.4 is 9.64 Å². The number of halogens is 1. The van der Waals surface area contributed by atoms with Crippen LogP contribution >= 0.6 is 11.6 Å². The highest BCUT2D eigenvalue weighted by Gasteiger charge is 2.37. The number of esters is 2. The molecule has 174 valence electrons. The Hall–Kier alpha value is -3.91. The van der Waals surface area contributed by atoms with Gasteiger partial charge in [-0.15, -0.1) is 0 Å². The highest BCUT2D eigenvalue weighted by molar-refractivity contribution is 6.31. The highest BCUT2D eigenvalue weighted by Crippen LogP contribution is 2.31. The fraction of sp³-hybridized carbons (Fsp3) is 0.200. The summed E-state index contributed by atoms with van der Waals surface area (Å²) in [5.74, 6) is -2.30. The van der Waals surface area contributed by atoms with Crippen LogP contribution in [0.1, 0.15) is 32.9 Å². The molecule has 2 heterocycles. The third-order valence-corrected chi connectivity index (χ3v) is 5.85. The van der Waals surface area contributed by atoms with Gasteiger partial charge in [0.1, 0.15) is 5.75 Å². The average Bonchev–Trinajstić information content (AvgIpc) is 3.50. The molecule has 1 fully saturated rings. The average molecular weight is 482 g/mol. The summed E-state index contributed by atoms with van der Waals surface area (Å²) >= 11 is 6.14. The Morgan fingerprint density at radius 2 is 1.85 bits per heavy atom. The number of hydrogen-bond donors (Lipinski definition) is 0. The van der Waals surface area contributed by atoms with Crippen molar-refractivity contribution in [1.29, 1.82) is 0 Å². The lowest BCUT2D eigenvalue weighted by molar-refractivity contribution is -0.147. The summed E-state index contributed by atoms with van der Waals surface area (Å²) in [5.41, 5.74) is 1.68. The molecule has 0 bridgehead atoms. The first-order valence-corrected chi connectivity index (χ1v) is 10.8. The molecule has 9 heteroatoms. The van der Waals surface area contributed by atoms with Gasteiger partial charge in [-0.25, -0.2) is 4.79 Å². The molecule has 0 N–H and O–H groups in total. The van der Waals surface area contributed by atoms with Crippen molar-refractivity contribution in [1.82, 2.24) is 0 Å². The maximum atomic E-state index is 12.5. The zero-order valence-corrected chi connectivity index (χ0v) is 18.9. The smallest absolute Gasteiger partial charge is 0.379 e. The fourth-order valence-electron chi connectivity index (χ4n) is 3.59. The lowest BCUT2D eigenvalue weighted by atomic mass is 10.1. The maximum Gasteiger partial charge on any atom is 0.379 e. The minimum atomic E-state index is -0.679. The Balaban J connectivity index is 1.30. The van der Waals surface area contributed by atoms with Crippen molar-refractivity contribution >= 4 is 40.9 Å². The van der Waals surface area contributed by atoms with Gasteiger partial charge in [0.05, 0.1) is 12.2 Å². The molecular weight excluding hydrogens is 462 g/mol. The Bertz CT molecular complexity index is 1230. The van der Waals surface area contributed by atoms with Gasteiger partial charge in [0.15, 0.2) is 12.4 Å². The largest absolute Gasteiger partial charge is 0.457 e. The number of Topliss-reactive ketones (excluding diaryl/α,β-unsaturated/α-hetero) is 1. The number of amides is 1. The van der Waals surface area contributed by atoms with Crippen LogP contribution in [-0.4, -0.2) is 36.8 Å². The molecule has 1 atom stereocenters. The molecule has 0 saturated carbocycles. The molecule has 8 nitrogen and oxygen atoms in total. The lowest BCUT2D eigenvalue weighted by Gasteiger charge is -2.19. The van der Waals surface area contributed by atoms with Crippen LogP contribution in [0.5, 0.6) is 5.75 Å². The van der Waals surface area contributed by atoms with Crippen molar-refractivity contribution in [3.05, 3.63) is 82.8 Å². The number of nitrogens with zero attached hydrogens (tertiary/aromatic N) is 1. The van der Waals surface area contributed by atoms with Gasteiger partial charge in [-0.3, -0.25) is 14.4 Å². The summed E-state index contributed by atoms with van der Waals surface area (Å²) in [4.78, 5) is 50.8. The predicted octanol–water partition coefficient (Wildman–Crippen LogP) is 4.24. The SMILES string of the molecule is Cc1c(Cl)cccc1N1C[C@H](C(=O)OCC(=O)c2ccc(OC(=O)c3ccco3)cc2)CC1=O. The van der Waals surface area contributed by atoms with Crippen molar-refractivity contribution in [2.45, 2.75) is 13.3 Å². The van der Waals surface area contributed by atoms with Gasteiger partial charge >= 0.3 is 11.9 Å². The van der Waals surface area contributed by atoms with Crippen LogP contribution in [0.4, 0.5) is 5.69 Å². The molecule has 1 saturated heterocycles. The molecule has 4 rings (SSSR count). The molecule has 0 radical (unpaired) electrons. The third kappa shape index (κ3) is 5.02. The van der Waals surface area contributed by atoms with Crippen LogP contribution in [0, 0.1) is 12.8 Å². The van der Waals surface area contributed by atoms with E-state index in [0.717, 1.165) is 5.56 Å². The van der Waals surface area contributed by atoms with Crippen molar-refractivity contribution in [3.8, 4) is 5.75 Å². The number of carbonyl (C=O) groups excluding carboxylic acids is 4. The van der Waals surface area contributed by atoms with E-state index in [1.165, 1.54) is 41.5 Å². The summed E-state index contributed by atoms with van der Waals surface area (Å²) in [6.07, 6.45) is 1.35. The third-order valence-electron chi connectivity index (χ3n) is 5.44. The summed E-state index contributed by atoms with van der Waals surface area (Å²) < 4.78 is 15.3. The molecule has 2 aromatic carbocycles. The normalized spacial score (nSPS) is 15.3. The molecule has 1 aromatic heterocycles. The molecule has 3 aromatic rings. The molecule has 1 aliphatic heterocycles. The summed E-state index contributed by atoms with van der Waals surface area (Å²) in [7, 11) is 0. The highest BCUT2D eigenvalue weighted by atomic mass is 35.5. The number of anilines is 1. The first-order chi connectivity index (χ1) is 16.3. The molecule has 0 spiro atoms. The Kier molecular flexibility index (Phi) is 6.79. The van der Waals surface area contributed by atoms with E-state index in [0.29, 0.717) is 10.7 Å². The second kappa shape index (κ2) is 9.93. The molecular formula is C25H20ClNO7. The van der Waals surface area contributed by atoms with Crippen LogP contribution in [0.3, 0.4) is 0 Å². The van der Waals surface area contributed by atoms with E-state index in [1.54, 1.807) is 31.2 Å². The molecule has 0 unspecified atom stereocenters. The predicted molar refractivity (Wildman–Crippen MR) is 122 cm³/mol. The Morgan fingerprint density at radius 1 is 1.09 bits per heavy atom. The van der Waals surface area contributed by atoms with Crippen molar-refractivity contribution in [2.75, 3.05) is 18.1 Å². The number of furan rings is 1. The molecule has 0 aliphatic carbocycles. The van der Waals surface area contributed by atoms with Gasteiger partial charge in [0, 0.05) is 29.2 Å². The summed E-state index contributed by atoms with van der Waals surface area (Å²) in [6, 6.07) is 14.1. The lowest BCUT2D eigenvalue weighted by Crippen LogP contribution is -2.27. The van der Waals surface area contributed by atoms with E-state index < -0.39 is 30.2 Å². The summed E-state index contributed by atoms with van der Waals surface area (Å²) in [6.45, 7) is 1.49. The number of ether oxygens (including phenoxy) is 2. The molecule has 34 heavy (non-hydrogen) atoms. The first kappa shape index (κ1) is 23.3. The Labute approximate surface area is 200 Å². The van der Waals surface area contributed by atoms with E-state index in [2.05, 4.69) is 0 Å². The standard InChI is InChI=1S/C25H20ClNO7/c1-15-19(26)4-2-5-20(15)27-13-17(12-23(27)29)24(30)33-14-21(28)16-7-9-18(10-8-16)34-25(31)22-6-3-11-32-22/h2-11,17H,12-14H2,1H3/t17-/m1/s1. The number of ketones is 1. The molecule has 1 amide bonds. The van der Waals surface area contributed by atoms with Gasteiger partial charge in [-0.2, -0.15) is 0 Å². The summed E-state index contributed by atoms with van der Waals surface area (Å²) in [5, 5.41) is 0.531. The topological polar surface area (TPSA) is 103 Å². The van der Waals surface area contributed by atoms with E-state index in [4.69, 9.17) is 25.5 Å². The van der Waals surface area contributed by atoms with Crippen LogP contribution in [0.25, 0.3) is 0 Å². The van der Waals surface area contributed by atoms with E-state index in [9.17, 15) is 19.2 Å². The fourth-order valence-corrected chi connectivity index (χ4v) is 3.76. The second-order valence-corrected chi connectivity index (χ2v) is 8.12. The van der Waals surface area contributed by atoms with Gasteiger partial charge in [0.2, 0.25) is 11.7 Å². The van der Waals surface area contributed by atoms with Gasteiger partial charge in [-0.05, 0) is 61.0 Å². The Morgan fingerprint density at radius 3 is 2.56 bits per heavy atom. The van der Waals surface area contributed by atoms with E-state index >= 15 is 0 Å². The monoisotopic (exact) mass is 481 g/mol. The van der Waals surface area contributed by atoms with Crippen molar-refractivity contribution in [3.63, 3.8) is 0 Å². The zero-order valence-electron chi connectivity index (χ0n) is 18.2. The van der Waals surface area contributed by atoms with Crippen LogP contribution in [-0.2, 0) is 14.3 Å². The number of carbonyl (C=O) groups is 4. The van der Waals surface area contributed by atoms with Gasteiger partial charge < -0.3 is 18.8 Å².